The van der Waals surface area contributed by atoms with Crippen molar-refractivity contribution in [3.8, 4) is 0 Å². The Bertz CT molecular complexity index is 386. The lowest BCUT2D eigenvalue weighted by molar-refractivity contribution is -0.120. The molecular weight excluding hydrogens is 237 g/mol. The monoisotopic (exact) mass is 257 g/mol. The van der Waals surface area contributed by atoms with Gasteiger partial charge >= 0.3 is 0 Å². The molecule has 0 aliphatic heterocycles. The smallest absolute Gasteiger partial charge is 0.283 e. The van der Waals surface area contributed by atoms with Crippen molar-refractivity contribution in [1.29, 1.82) is 0 Å². The highest BCUT2D eigenvalue weighted by Crippen LogP contribution is 2.15. The molecule has 0 aromatic rings. The lowest BCUT2D eigenvalue weighted by Gasteiger charge is -2.13. The third kappa shape index (κ3) is 5.14. The van der Waals surface area contributed by atoms with Gasteiger partial charge in [-0.3, -0.25) is 4.79 Å². The van der Waals surface area contributed by atoms with E-state index in [9.17, 15) is 14.3 Å². The Kier molecular flexibility index (Phi) is 6.97. The molecule has 0 aliphatic rings. The summed E-state index contributed by atoms with van der Waals surface area (Å²) in [6.07, 6.45) is 0.153. The Labute approximate surface area is 107 Å². The number of carbonyl (C=O) groups excluding carboxylic acids is 1. The molecule has 0 fully saturated rings. The number of primary amides is 1. The van der Waals surface area contributed by atoms with Gasteiger partial charge in [0.1, 0.15) is 0 Å². The van der Waals surface area contributed by atoms with Crippen molar-refractivity contribution in [3.63, 3.8) is 0 Å². The number of rotatable bonds is 7. The largest absolute Gasteiger partial charge is 0.451 e. The number of nitrogens with two attached hydrogens (primary N) is 1. The molecule has 0 aromatic heterocycles. The van der Waals surface area contributed by atoms with Crippen LogP contribution < -0.4 is 5.73 Å². The SMILES string of the molecule is C=C(C)C(F)OC(=CC(CO)=C(C)CC)C(N)=O. The molecule has 18 heavy (non-hydrogen) atoms. The van der Waals surface area contributed by atoms with Crippen molar-refractivity contribution in [2.45, 2.75) is 33.5 Å². The number of aliphatic hydroxyl groups excluding tert-OH is 1. The first-order chi connectivity index (χ1) is 8.33. The molecule has 1 unspecified atom stereocenters. The summed E-state index contributed by atoms with van der Waals surface area (Å²) in [5.74, 6) is -1.23. The van der Waals surface area contributed by atoms with E-state index in [2.05, 4.69) is 6.58 Å². The molecule has 0 spiro atoms. The number of aliphatic hydroxyl groups is 1. The quantitative estimate of drug-likeness (QED) is 0.317. The number of carbonyl (C=O) groups is 1. The van der Waals surface area contributed by atoms with E-state index in [0.29, 0.717) is 12.0 Å². The average Bonchev–Trinajstić information content (AvgIpc) is 2.32. The first-order valence-electron chi connectivity index (χ1n) is 5.60. The zero-order chi connectivity index (χ0) is 14.3. The maximum Gasteiger partial charge on any atom is 0.283 e. The van der Waals surface area contributed by atoms with E-state index >= 15 is 0 Å². The predicted octanol–water partition coefficient (Wildman–Crippen LogP) is 1.96. The summed E-state index contributed by atoms with van der Waals surface area (Å²) >= 11 is 0. The van der Waals surface area contributed by atoms with E-state index in [0.717, 1.165) is 5.57 Å². The maximum absolute atomic E-state index is 13.3. The van der Waals surface area contributed by atoms with Gasteiger partial charge in [0.25, 0.3) is 12.3 Å². The lowest BCUT2D eigenvalue weighted by atomic mass is 10.1. The number of hydrogen-bond acceptors (Lipinski definition) is 3. The normalized spacial score (nSPS) is 14.8. The molecule has 4 nitrogen and oxygen atoms in total. The molecule has 0 saturated heterocycles. The number of amides is 1. The van der Waals surface area contributed by atoms with Gasteiger partial charge in [-0.1, -0.05) is 19.1 Å². The minimum Gasteiger partial charge on any atom is -0.451 e. The molecule has 0 aromatic carbocycles. The van der Waals surface area contributed by atoms with Gasteiger partial charge in [0, 0.05) is 0 Å². The van der Waals surface area contributed by atoms with Gasteiger partial charge in [-0.15, -0.1) is 0 Å². The molecule has 0 aliphatic carbocycles. The van der Waals surface area contributed by atoms with E-state index in [1.54, 1.807) is 6.92 Å². The highest BCUT2D eigenvalue weighted by atomic mass is 19.1. The Hall–Kier alpha value is -1.62. The summed E-state index contributed by atoms with van der Waals surface area (Å²) < 4.78 is 18.1. The van der Waals surface area contributed by atoms with Crippen LogP contribution in [0.2, 0.25) is 0 Å². The fourth-order valence-electron chi connectivity index (χ4n) is 1.06. The zero-order valence-electron chi connectivity index (χ0n) is 11.0. The van der Waals surface area contributed by atoms with E-state index < -0.39 is 12.3 Å². The summed E-state index contributed by atoms with van der Waals surface area (Å²) in [5, 5.41) is 9.18. The topological polar surface area (TPSA) is 72.6 Å². The van der Waals surface area contributed by atoms with Crippen molar-refractivity contribution < 1.29 is 19.0 Å². The molecule has 102 valence electrons. The third-order valence-corrected chi connectivity index (χ3v) is 2.41. The maximum atomic E-state index is 13.3. The second kappa shape index (κ2) is 7.66. The minimum absolute atomic E-state index is 0.129. The van der Waals surface area contributed by atoms with Crippen LogP contribution in [0, 0.1) is 0 Å². The number of halogens is 1. The van der Waals surface area contributed by atoms with Gasteiger partial charge in [-0.2, -0.15) is 4.39 Å². The van der Waals surface area contributed by atoms with Crippen molar-refractivity contribution >= 4 is 5.91 Å². The summed E-state index contributed by atoms with van der Waals surface area (Å²) in [5.41, 5.74) is 6.58. The average molecular weight is 257 g/mol. The van der Waals surface area contributed by atoms with Crippen LogP contribution in [0.15, 0.2) is 35.1 Å². The summed E-state index contributed by atoms with van der Waals surface area (Å²) in [6, 6.07) is 0. The Morgan fingerprint density at radius 3 is 2.44 bits per heavy atom. The van der Waals surface area contributed by atoms with Crippen LogP contribution in [0.3, 0.4) is 0 Å². The van der Waals surface area contributed by atoms with Gasteiger partial charge < -0.3 is 15.6 Å². The Morgan fingerprint density at radius 1 is 1.56 bits per heavy atom. The van der Waals surface area contributed by atoms with E-state index in [1.807, 2.05) is 6.92 Å². The predicted molar refractivity (Wildman–Crippen MR) is 68.1 cm³/mol. The van der Waals surface area contributed by atoms with Crippen LogP contribution in [-0.4, -0.2) is 24.0 Å². The van der Waals surface area contributed by atoms with E-state index in [-0.39, 0.29) is 17.9 Å². The van der Waals surface area contributed by atoms with Crippen LogP contribution in [0.25, 0.3) is 0 Å². The highest BCUT2D eigenvalue weighted by molar-refractivity contribution is 5.90. The third-order valence-electron chi connectivity index (χ3n) is 2.41. The molecule has 5 heteroatoms. The number of alkyl halides is 1. The second-order valence-corrected chi connectivity index (χ2v) is 3.97. The first kappa shape index (κ1) is 16.4. The molecule has 0 radical (unpaired) electrons. The second-order valence-electron chi connectivity index (χ2n) is 3.97. The standard InChI is InChI=1S/C13H20FNO3/c1-5-9(4)10(7-16)6-11(13(15)17)18-12(14)8(2)3/h6,12,16H,2,5,7H2,1,3-4H3,(H2,15,17). The first-order valence-corrected chi connectivity index (χ1v) is 5.60. The Morgan fingerprint density at radius 2 is 2.11 bits per heavy atom. The number of allylic oxidation sites excluding steroid dienone is 1. The van der Waals surface area contributed by atoms with Crippen molar-refractivity contribution in [2.75, 3.05) is 6.61 Å². The summed E-state index contributed by atoms with van der Waals surface area (Å²) in [7, 11) is 0. The fraction of sp³-hybridized carbons (Fsp3) is 0.462. The highest BCUT2D eigenvalue weighted by Gasteiger charge is 2.15. The van der Waals surface area contributed by atoms with Gasteiger partial charge in [0.2, 0.25) is 0 Å². The summed E-state index contributed by atoms with van der Waals surface area (Å²) in [4.78, 5) is 11.1. The van der Waals surface area contributed by atoms with Crippen LogP contribution in [0.4, 0.5) is 4.39 Å². The minimum atomic E-state index is -1.80. The van der Waals surface area contributed by atoms with Crippen LogP contribution >= 0.6 is 0 Å². The summed E-state index contributed by atoms with van der Waals surface area (Å²) in [6.45, 7) is 8.23. The van der Waals surface area contributed by atoms with E-state index in [4.69, 9.17) is 10.5 Å². The fourth-order valence-corrected chi connectivity index (χ4v) is 1.06. The molecule has 0 saturated carbocycles. The molecule has 3 N–H and O–H groups in total. The van der Waals surface area contributed by atoms with Gasteiger partial charge in [-0.05, 0) is 37.5 Å². The van der Waals surface area contributed by atoms with Gasteiger partial charge in [0.15, 0.2) is 5.76 Å². The van der Waals surface area contributed by atoms with Crippen LogP contribution in [-0.2, 0) is 9.53 Å². The number of hydrogen-bond donors (Lipinski definition) is 2. The molecule has 0 rings (SSSR count). The van der Waals surface area contributed by atoms with E-state index in [1.165, 1.54) is 13.0 Å². The molecule has 0 bridgehead atoms. The molecule has 1 amide bonds. The van der Waals surface area contributed by atoms with Crippen LogP contribution in [0.1, 0.15) is 27.2 Å². The van der Waals surface area contributed by atoms with Crippen LogP contribution in [0.5, 0.6) is 0 Å². The van der Waals surface area contributed by atoms with Gasteiger partial charge in [-0.25, -0.2) is 0 Å². The molecular formula is C13H20FNO3. The van der Waals surface area contributed by atoms with Crippen molar-refractivity contribution in [1.82, 2.24) is 0 Å². The van der Waals surface area contributed by atoms with Crippen molar-refractivity contribution in [3.05, 3.63) is 35.1 Å². The van der Waals surface area contributed by atoms with Gasteiger partial charge in [0.05, 0.1) is 6.61 Å². The Balaban J connectivity index is 5.23. The number of ether oxygens (including phenoxy) is 1. The molecule has 0 heterocycles. The lowest BCUT2D eigenvalue weighted by Crippen LogP contribution is -2.20. The molecule has 1 atom stereocenters. The zero-order valence-corrected chi connectivity index (χ0v) is 11.0. The van der Waals surface area contributed by atoms with Crippen molar-refractivity contribution in [2.24, 2.45) is 5.73 Å².